The van der Waals surface area contributed by atoms with Crippen molar-refractivity contribution >= 4 is 22.7 Å². The predicted molar refractivity (Wildman–Crippen MR) is 76.8 cm³/mol. The maximum Gasteiger partial charge on any atom is 0.340 e. The van der Waals surface area contributed by atoms with Crippen LogP contribution in [-0.2, 0) is 6.54 Å². The molecule has 3 rings (SSSR count). The first-order valence-electron chi connectivity index (χ1n) is 6.23. The van der Waals surface area contributed by atoms with E-state index in [1.54, 1.807) is 12.3 Å². The van der Waals surface area contributed by atoms with E-state index in [4.69, 9.17) is 0 Å². The first-order valence-corrected chi connectivity index (χ1v) is 6.23. The second-order valence-electron chi connectivity index (χ2n) is 4.40. The van der Waals surface area contributed by atoms with Gasteiger partial charge >= 0.3 is 5.97 Å². The molecule has 0 saturated heterocycles. The summed E-state index contributed by atoms with van der Waals surface area (Å²) in [6.45, 7) is 0.466. The fourth-order valence-electron chi connectivity index (χ4n) is 2.18. The van der Waals surface area contributed by atoms with E-state index in [1.165, 1.54) is 0 Å². The molecule has 0 spiro atoms. The monoisotopic (exact) mass is 267 g/mol. The molecular weight excluding hydrogens is 254 g/mol. The Hall–Kier alpha value is -2.82. The highest BCUT2D eigenvalue weighted by atomic mass is 16.4. The fourth-order valence-corrected chi connectivity index (χ4v) is 2.18. The van der Waals surface area contributed by atoms with Crippen LogP contribution < -0.4 is 5.32 Å². The standard InChI is InChI=1S/C15H13N3O2/c19-15(20)13-11-6-1-2-7-12(11)18-14(13)17-9-10-5-3-4-8-16-10/h1-8,17-18H,9H2,(H,19,20). The largest absolute Gasteiger partial charge is 0.478 e. The zero-order chi connectivity index (χ0) is 13.9. The molecule has 0 unspecified atom stereocenters. The lowest BCUT2D eigenvalue weighted by Crippen LogP contribution is -2.06. The molecule has 5 nitrogen and oxygen atoms in total. The number of fused-ring (bicyclic) bond motifs is 1. The zero-order valence-electron chi connectivity index (χ0n) is 10.6. The number of aromatic amines is 1. The van der Waals surface area contributed by atoms with Crippen LogP contribution in [0.1, 0.15) is 16.1 Å². The van der Waals surface area contributed by atoms with Crippen LogP contribution in [0.3, 0.4) is 0 Å². The fraction of sp³-hybridized carbons (Fsp3) is 0.0667. The van der Waals surface area contributed by atoms with E-state index in [-0.39, 0.29) is 5.56 Å². The highest BCUT2D eigenvalue weighted by Gasteiger charge is 2.17. The Morgan fingerprint density at radius 3 is 2.75 bits per heavy atom. The van der Waals surface area contributed by atoms with Gasteiger partial charge in [0.25, 0.3) is 0 Å². The van der Waals surface area contributed by atoms with E-state index in [0.29, 0.717) is 17.7 Å². The van der Waals surface area contributed by atoms with Gasteiger partial charge in [-0.05, 0) is 18.2 Å². The number of carbonyl (C=O) groups is 1. The average Bonchev–Trinajstić information content (AvgIpc) is 2.84. The number of pyridine rings is 1. The molecule has 0 aliphatic carbocycles. The molecule has 0 radical (unpaired) electrons. The van der Waals surface area contributed by atoms with E-state index < -0.39 is 5.97 Å². The maximum atomic E-state index is 11.4. The Kier molecular flexibility index (Phi) is 3.09. The third-order valence-electron chi connectivity index (χ3n) is 3.09. The molecule has 20 heavy (non-hydrogen) atoms. The topological polar surface area (TPSA) is 78.0 Å². The quantitative estimate of drug-likeness (QED) is 0.679. The highest BCUT2D eigenvalue weighted by molar-refractivity contribution is 6.08. The third kappa shape index (κ3) is 2.21. The van der Waals surface area contributed by atoms with Crippen molar-refractivity contribution in [2.24, 2.45) is 0 Å². The van der Waals surface area contributed by atoms with Crippen LogP contribution in [0.25, 0.3) is 10.9 Å². The first-order chi connectivity index (χ1) is 9.75. The Bertz CT molecular complexity index is 750. The van der Waals surface area contributed by atoms with Crippen molar-refractivity contribution in [2.75, 3.05) is 5.32 Å². The molecule has 0 atom stereocenters. The van der Waals surface area contributed by atoms with Crippen molar-refractivity contribution in [1.82, 2.24) is 9.97 Å². The lowest BCUT2D eigenvalue weighted by molar-refractivity contribution is 0.0700. The summed E-state index contributed by atoms with van der Waals surface area (Å²) in [7, 11) is 0. The number of rotatable bonds is 4. The summed E-state index contributed by atoms with van der Waals surface area (Å²) in [5, 5.41) is 13.2. The number of nitrogens with zero attached hydrogens (tertiary/aromatic N) is 1. The van der Waals surface area contributed by atoms with E-state index in [9.17, 15) is 9.90 Å². The lowest BCUT2D eigenvalue weighted by Gasteiger charge is -2.05. The van der Waals surface area contributed by atoms with Crippen LogP contribution >= 0.6 is 0 Å². The average molecular weight is 267 g/mol. The van der Waals surface area contributed by atoms with Crippen LogP contribution in [-0.4, -0.2) is 21.0 Å². The Labute approximate surface area is 115 Å². The number of benzene rings is 1. The van der Waals surface area contributed by atoms with Gasteiger partial charge in [0.15, 0.2) is 0 Å². The van der Waals surface area contributed by atoms with Crippen LogP contribution in [0, 0.1) is 0 Å². The van der Waals surface area contributed by atoms with Gasteiger partial charge in [-0.1, -0.05) is 24.3 Å². The van der Waals surface area contributed by atoms with Crippen molar-refractivity contribution < 1.29 is 9.90 Å². The van der Waals surface area contributed by atoms with Crippen LogP contribution in [0.2, 0.25) is 0 Å². The second kappa shape index (κ2) is 5.05. The molecule has 0 aliphatic rings. The lowest BCUT2D eigenvalue weighted by atomic mass is 10.1. The molecule has 2 heterocycles. The number of aromatic nitrogens is 2. The summed E-state index contributed by atoms with van der Waals surface area (Å²) in [4.78, 5) is 18.7. The summed E-state index contributed by atoms with van der Waals surface area (Å²) in [6, 6.07) is 13.0. The number of hydrogen-bond acceptors (Lipinski definition) is 3. The highest BCUT2D eigenvalue weighted by Crippen LogP contribution is 2.26. The number of aromatic carboxylic acids is 1. The summed E-state index contributed by atoms with van der Waals surface area (Å²) in [5.74, 6) is -0.449. The van der Waals surface area contributed by atoms with E-state index in [1.807, 2.05) is 36.4 Å². The number of hydrogen-bond donors (Lipinski definition) is 3. The second-order valence-corrected chi connectivity index (χ2v) is 4.40. The van der Waals surface area contributed by atoms with E-state index in [0.717, 1.165) is 11.2 Å². The molecule has 2 aromatic heterocycles. The molecule has 0 saturated carbocycles. The van der Waals surface area contributed by atoms with E-state index >= 15 is 0 Å². The maximum absolute atomic E-state index is 11.4. The molecule has 0 bridgehead atoms. The van der Waals surface area contributed by atoms with Gasteiger partial charge in [-0.25, -0.2) is 4.79 Å². The summed E-state index contributed by atoms with van der Waals surface area (Å²) in [6.07, 6.45) is 1.71. The smallest absolute Gasteiger partial charge is 0.340 e. The molecule has 100 valence electrons. The Morgan fingerprint density at radius 2 is 2.00 bits per heavy atom. The number of nitrogens with one attached hydrogen (secondary N) is 2. The molecule has 5 heteroatoms. The number of anilines is 1. The Balaban J connectivity index is 1.95. The van der Waals surface area contributed by atoms with Gasteiger partial charge in [0, 0.05) is 17.1 Å². The van der Waals surface area contributed by atoms with Crippen LogP contribution in [0.5, 0.6) is 0 Å². The van der Waals surface area contributed by atoms with E-state index in [2.05, 4.69) is 15.3 Å². The van der Waals surface area contributed by atoms with Gasteiger partial charge in [0.05, 0.1) is 12.2 Å². The van der Waals surface area contributed by atoms with Gasteiger partial charge < -0.3 is 15.4 Å². The van der Waals surface area contributed by atoms with Crippen LogP contribution in [0.4, 0.5) is 5.82 Å². The zero-order valence-corrected chi connectivity index (χ0v) is 10.6. The van der Waals surface area contributed by atoms with Crippen molar-refractivity contribution in [3.63, 3.8) is 0 Å². The number of para-hydroxylation sites is 1. The molecular formula is C15H13N3O2. The number of carboxylic acids is 1. The SMILES string of the molecule is O=C(O)c1c(NCc2ccccn2)[nH]c2ccccc12. The molecule has 0 amide bonds. The molecule has 0 fully saturated rings. The number of carboxylic acid groups (broad SMARTS) is 1. The van der Waals surface area contributed by atoms with Gasteiger partial charge in [-0.2, -0.15) is 0 Å². The molecule has 1 aromatic carbocycles. The first kappa shape index (κ1) is 12.2. The summed E-state index contributed by atoms with van der Waals surface area (Å²) >= 11 is 0. The minimum absolute atomic E-state index is 0.261. The van der Waals surface area contributed by atoms with Gasteiger partial charge in [0.2, 0.25) is 0 Å². The van der Waals surface area contributed by atoms with Gasteiger partial charge in [-0.15, -0.1) is 0 Å². The molecule has 3 aromatic rings. The number of H-pyrrole nitrogens is 1. The van der Waals surface area contributed by atoms with Crippen LogP contribution in [0.15, 0.2) is 48.7 Å². The minimum Gasteiger partial charge on any atom is -0.478 e. The summed E-state index contributed by atoms with van der Waals surface area (Å²) < 4.78 is 0. The van der Waals surface area contributed by atoms with Crippen molar-refractivity contribution in [3.05, 3.63) is 59.9 Å². The third-order valence-corrected chi connectivity index (χ3v) is 3.09. The van der Waals surface area contributed by atoms with Gasteiger partial charge in [-0.3, -0.25) is 4.98 Å². The summed E-state index contributed by atoms with van der Waals surface area (Å²) in [5.41, 5.74) is 1.91. The Morgan fingerprint density at radius 1 is 1.20 bits per heavy atom. The van der Waals surface area contributed by atoms with Crippen molar-refractivity contribution in [2.45, 2.75) is 6.54 Å². The normalized spacial score (nSPS) is 10.6. The molecule has 3 N–H and O–H groups in total. The van der Waals surface area contributed by atoms with Gasteiger partial charge in [0.1, 0.15) is 11.4 Å². The minimum atomic E-state index is -0.953. The molecule has 0 aliphatic heterocycles. The van der Waals surface area contributed by atoms with Crippen molar-refractivity contribution in [1.29, 1.82) is 0 Å². The predicted octanol–water partition coefficient (Wildman–Crippen LogP) is 2.87. The van der Waals surface area contributed by atoms with Crippen molar-refractivity contribution in [3.8, 4) is 0 Å².